The molecule has 0 bridgehead atoms. The smallest absolute Gasteiger partial charge is 0.220 e. The van der Waals surface area contributed by atoms with E-state index in [1.54, 1.807) is 0 Å². The molecule has 2 atom stereocenters. The number of rotatable bonds is 0. The maximum Gasteiger partial charge on any atom is 0.220 e. The van der Waals surface area contributed by atoms with Crippen molar-refractivity contribution >= 4 is 15.7 Å². The summed E-state index contributed by atoms with van der Waals surface area (Å²) in [6, 6.07) is -0.111. The molecule has 0 saturated carbocycles. The lowest BCUT2D eigenvalue weighted by Crippen LogP contribution is -2.52. The Hall–Kier alpha value is -0.580. The minimum Gasteiger partial charge on any atom is -0.352 e. The molecular weight excluding hydrogens is 190 g/mol. The van der Waals surface area contributed by atoms with Crippen molar-refractivity contribution in [3.8, 4) is 0 Å². The van der Waals surface area contributed by atoms with Crippen LogP contribution in [0.2, 0.25) is 0 Å². The zero-order valence-electron chi connectivity index (χ0n) is 7.32. The molecule has 4 nitrogen and oxygen atoms in total. The molecule has 74 valence electrons. The Labute approximate surface area is 77.6 Å². The zero-order valence-corrected chi connectivity index (χ0v) is 8.14. The number of hydrogen-bond donors (Lipinski definition) is 1. The van der Waals surface area contributed by atoms with Gasteiger partial charge in [-0.15, -0.1) is 0 Å². The van der Waals surface area contributed by atoms with Crippen LogP contribution in [0.3, 0.4) is 0 Å². The molecular formula is C8H13NO3S. The van der Waals surface area contributed by atoms with E-state index in [4.69, 9.17) is 0 Å². The van der Waals surface area contributed by atoms with Crippen LogP contribution in [0.4, 0.5) is 0 Å². The van der Waals surface area contributed by atoms with Crippen LogP contribution in [0, 0.1) is 5.92 Å². The molecule has 1 amide bonds. The summed E-state index contributed by atoms with van der Waals surface area (Å²) in [6.07, 6.45) is 2.13. The van der Waals surface area contributed by atoms with Gasteiger partial charge in [0.25, 0.3) is 0 Å². The van der Waals surface area contributed by atoms with Crippen LogP contribution >= 0.6 is 0 Å². The van der Waals surface area contributed by atoms with E-state index in [1.807, 2.05) is 0 Å². The van der Waals surface area contributed by atoms with Crippen molar-refractivity contribution in [1.29, 1.82) is 0 Å². The van der Waals surface area contributed by atoms with Crippen LogP contribution in [0.25, 0.3) is 0 Å². The van der Waals surface area contributed by atoms with Gasteiger partial charge in [-0.3, -0.25) is 4.79 Å². The van der Waals surface area contributed by atoms with Crippen LogP contribution in [0.5, 0.6) is 0 Å². The number of carbonyl (C=O) groups excluding carboxylic acids is 1. The minimum absolute atomic E-state index is 0.00153. The molecule has 0 aromatic heterocycles. The second-order valence-electron chi connectivity index (χ2n) is 3.88. The fourth-order valence-corrected chi connectivity index (χ4v) is 3.86. The SMILES string of the molecule is O=C1CCC2CCS(=O)(=O)CC2N1. The lowest BCUT2D eigenvalue weighted by Gasteiger charge is -2.35. The van der Waals surface area contributed by atoms with E-state index in [-0.39, 0.29) is 17.7 Å². The Bertz CT molecular complexity index is 322. The highest BCUT2D eigenvalue weighted by Gasteiger charge is 2.36. The largest absolute Gasteiger partial charge is 0.352 e. The molecule has 1 N–H and O–H groups in total. The molecule has 13 heavy (non-hydrogen) atoms. The topological polar surface area (TPSA) is 63.2 Å². The maximum absolute atomic E-state index is 11.3. The lowest BCUT2D eigenvalue weighted by molar-refractivity contribution is -0.124. The first-order valence-electron chi connectivity index (χ1n) is 4.57. The number of piperidine rings is 1. The monoisotopic (exact) mass is 203 g/mol. The molecule has 2 unspecified atom stereocenters. The second kappa shape index (κ2) is 2.97. The summed E-state index contributed by atoms with van der Waals surface area (Å²) in [5, 5.41) is 2.76. The molecule has 0 aromatic rings. The molecule has 0 aromatic carbocycles. The summed E-state index contributed by atoms with van der Waals surface area (Å²) in [5.74, 6) is 0.826. The standard InChI is InChI=1S/C8H13NO3S/c10-8-2-1-6-3-4-13(11,12)5-7(6)9-8/h6-7H,1-5H2,(H,9,10). The van der Waals surface area contributed by atoms with Gasteiger partial charge in [-0.25, -0.2) is 8.42 Å². The zero-order chi connectivity index (χ0) is 9.47. The molecule has 2 fully saturated rings. The van der Waals surface area contributed by atoms with Crippen molar-refractivity contribution in [2.24, 2.45) is 5.92 Å². The van der Waals surface area contributed by atoms with Crippen LogP contribution in [-0.4, -0.2) is 31.9 Å². The van der Waals surface area contributed by atoms with Crippen molar-refractivity contribution in [2.75, 3.05) is 11.5 Å². The molecule has 2 rings (SSSR count). The highest BCUT2D eigenvalue weighted by atomic mass is 32.2. The van der Waals surface area contributed by atoms with Crippen LogP contribution < -0.4 is 5.32 Å². The average molecular weight is 203 g/mol. The van der Waals surface area contributed by atoms with Crippen LogP contribution in [-0.2, 0) is 14.6 Å². The van der Waals surface area contributed by atoms with Gasteiger partial charge in [0.05, 0.1) is 11.5 Å². The molecule has 2 heterocycles. The molecule has 0 spiro atoms. The van der Waals surface area contributed by atoms with Gasteiger partial charge >= 0.3 is 0 Å². The van der Waals surface area contributed by atoms with Crippen LogP contribution in [0.15, 0.2) is 0 Å². The normalized spacial score (nSPS) is 37.7. The summed E-state index contributed by atoms with van der Waals surface area (Å²) in [5.41, 5.74) is 0. The Morgan fingerprint density at radius 1 is 1.31 bits per heavy atom. The Morgan fingerprint density at radius 2 is 2.08 bits per heavy atom. The van der Waals surface area contributed by atoms with Crippen molar-refractivity contribution in [3.05, 3.63) is 0 Å². The second-order valence-corrected chi connectivity index (χ2v) is 6.10. The minimum atomic E-state index is -2.89. The Kier molecular flexibility index (Phi) is 2.06. The summed E-state index contributed by atoms with van der Waals surface area (Å²) >= 11 is 0. The number of carbonyl (C=O) groups is 1. The van der Waals surface area contributed by atoms with E-state index >= 15 is 0 Å². The van der Waals surface area contributed by atoms with E-state index in [2.05, 4.69) is 5.32 Å². The molecule has 2 aliphatic rings. The molecule has 0 radical (unpaired) electrons. The lowest BCUT2D eigenvalue weighted by atomic mass is 9.89. The third-order valence-corrected chi connectivity index (χ3v) is 4.62. The van der Waals surface area contributed by atoms with E-state index in [0.29, 0.717) is 24.5 Å². The van der Waals surface area contributed by atoms with Gasteiger partial charge in [0.15, 0.2) is 9.84 Å². The van der Waals surface area contributed by atoms with E-state index in [9.17, 15) is 13.2 Å². The molecule has 5 heteroatoms. The first-order chi connectivity index (χ1) is 6.07. The van der Waals surface area contributed by atoms with Gasteiger partial charge in [-0.2, -0.15) is 0 Å². The predicted octanol–water partition coefficient (Wildman–Crippen LogP) is -0.300. The highest BCUT2D eigenvalue weighted by molar-refractivity contribution is 7.91. The van der Waals surface area contributed by atoms with Gasteiger partial charge in [0, 0.05) is 12.5 Å². The van der Waals surface area contributed by atoms with Gasteiger partial charge in [0.2, 0.25) is 5.91 Å². The average Bonchev–Trinajstić information content (AvgIpc) is 2.01. The summed E-state index contributed by atoms with van der Waals surface area (Å²) < 4.78 is 22.5. The Morgan fingerprint density at radius 3 is 2.85 bits per heavy atom. The summed E-state index contributed by atoms with van der Waals surface area (Å²) in [6.45, 7) is 0. The number of sulfone groups is 1. The summed E-state index contributed by atoms with van der Waals surface area (Å²) in [4.78, 5) is 11.0. The van der Waals surface area contributed by atoms with Crippen molar-refractivity contribution < 1.29 is 13.2 Å². The highest BCUT2D eigenvalue weighted by Crippen LogP contribution is 2.26. The number of fused-ring (bicyclic) bond motifs is 1. The van der Waals surface area contributed by atoms with Crippen molar-refractivity contribution in [2.45, 2.75) is 25.3 Å². The van der Waals surface area contributed by atoms with Gasteiger partial charge in [-0.1, -0.05) is 0 Å². The van der Waals surface area contributed by atoms with E-state index < -0.39 is 9.84 Å². The predicted molar refractivity (Wildman–Crippen MR) is 47.9 cm³/mol. The van der Waals surface area contributed by atoms with Gasteiger partial charge < -0.3 is 5.32 Å². The maximum atomic E-state index is 11.3. The fourth-order valence-electron chi connectivity index (χ4n) is 2.13. The molecule has 2 saturated heterocycles. The van der Waals surface area contributed by atoms with E-state index in [1.165, 1.54) is 0 Å². The quantitative estimate of drug-likeness (QED) is 0.588. The van der Waals surface area contributed by atoms with Crippen molar-refractivity contribution in [1.82, 2.24) is 5.32 Å². The Balaban J connectivity index is 2.12. The van der Waals surface area contributed by atoms with Crippen LogP contribution in [0.1, 0.15) is 19.3 Å². The number of amides is 1. The third-order valence-electron chi connectivity index (χ3n) is 2.89. The first kappa shape index (κ1) is 8.99. The van der Waals surface area contributed by atoms with Gasteiger partial charge in [-0.05, 0) is 18.8 Å². The van der Waals surface area contributed by atoms with Crippen molar-refractivity contribution in [3.63, 3.8) is 0 Å². The fraction of sp³-hybridized carbons (Fsp3) is 0.875. The molecule has 2 aliphatic heterocycles. The number of hydrogen-bond acceptors (Lipinski definition) is 3. The van der Waals surface area contributed by atoms with E-state index in [0.717, 1.165) is 6.42 Å². The first-order valence-corrected chi connectivity index (χ1v) is 6.39. The number of nitrogens with one attached hydrogen (secondary N) is 1. The molecule has 0 aliphatic carbocycles. The van der Waals surface area contributed by atoms with Gasteiger partial charge in [0.1, 0.15) is 0 Å². The summed E-state index contributed by atoms with van der Waals surface area (Å²) in [7, 11) is -2.89. The third kappa shape index (κ3) is 1.85.